The molecule has 1 unspecified atom stereocenters. The molecular formula is C23H41NO5. The predicted octanol–water partition coefficient (Wildman–Crippen LogP) is 5.82. The number of ether oxygens (including phenoxy) is 2. The SMILES string of the molecule is CCCCCCCCCCCCCCCCCOC(=O)CCC1NC(=O)OC1=O. The molecule has 1 amide bonds. The molecule has 1 aliphatic heterocycles. The Bertz CT molecular complexity index is 466. The van der Waals surface area contributed by atoms with Crippen LogP contribution in [0.3, 0.4) is 0 Å². The molecule has 0 aliphatic carbocycles. The third-order valence-corrected chi connectivity index (χ3v) is 5.42. The van der Waals surface area contributed by atoms with Crippen LogP contribution in [0.2, 0.25) is 0 Å². The van der Waals surface area contributed by atoms with Crippen molar-refractivity contribution in [2.45, 2.75) is 122 Å². The summed E-state index contributed by atoms with van der Waals surface area (Å²) in [6, 6.07) is -0.721. The minimum absolute atomic E-state index is 0.110. The van der Waals surface area contributed by atoms with Crippen LogP contribution in [0.25, 0.3) is 0 Å². The van der Waals surface area contributed by atoms with Gasteiger partial charge in [-0.3, -0.25) is 4.79 Å². The number of carbonyl (C=O) groups excluding carboxylic acids is 3. The third-order valence-electron chi connectivity index (χ3n) is 5.42. The van der Waals surface area contributed by atoms with E-state index in [1.165, 1.54) is 83.5 Å². The first-order chi connectivity index (χ1) is 14.1. The molecule has 0 aromatic rings. The lowest BCUT2D eigenvalue weighted by Gasteiger charge is -2.07. The van der Waals surface area contributed by atoms with E-state index < -0.39 is 18.1 Å². The summed E-state index contributed by atoms with van der Waals surface area (Å²) in [5.74, 6) is -0.950. The monoisotopic (exact) mass is 411 g/mol. The zero-order valence-electron chi connectivity index (χ0n) is 18.3. The second-order valence-electron chi connectivity index (χ2n) is 8.11. The smallest absolute Gasteiger partial charge is 0.415 e. The second kappa shape index (κ2) is 17.3. The molecule has 0 saturated carbocycles. The lowest BCUT2D eigenvalue weighted by Crippen LogP contribution is -2.29. The predicted molar refractivity (Wildman–Crippen MR) is 114 cm³/mol. The molecule has 1 rings (SSSR count). The van der Waals surface area contributed by atoms with Crippen LogP contribution in [0.1, 0.15) is 116 Å². The Morgan fingerprint density at radius 1 is 0.828 bits per heavy atom. The summed E-state index contributed by atoms with van der Waals surface area (Å²) < 4.78 is 9.53. The molecule has 0 bridgehead atoms. The molecular weight excluding hydrogens is 370 g/mol. The number of hydrogen-bond donors (Lipinski definition) is 1. The Balaban J connectivity index is 1.77. The fraction of sp³-hybridized carbons (Fsp3) is 0.870. The van der Waals surface area contributed by atoms with Crippen molar-refractivity contribution in [3.63, 3.8) is 0 Å². The van der Waals surface area contributed by atoms with Crippen molar-refractivity contribution < 1.29 is 23.9 Å². The number of hydrogen-bond acceptors (Lipinski definition) is 5. The van der Waals surface area contributed by atoms with E-state index in [2.05, 4.69) is 17.0 Å². The zero-order chi connectivity index (χ0) is 21.2. The summed E-state index contributed by atoms with van der Waals surface area (Å²) in [6.07, 6.45) is 19.1. The minimum atomic E-state index is -0.744. The van der Waals surface area contributed by atoms with Gasteiger partial charge in [0.15, 0.2) is 0 Å². The maximum atomic E-state index is 11.6. The Kier molecular flexibility index (Phi) is 15.2. The molecule has 0 radical (unpaired) electrons. The van der Waals surface area contributed by atoms with Crippen LogP contribution in [0, 0.1) is 0 Å². The van der Waals surface area contributed by atoms with Crippen molar-refractivity contribution >= 4 is 18.0 Å². The fourth-order valence-electron chi connectivity index (χ4n) is 3.58. The Morgan fingerprint density at radius 2 is 1.31 bits per heavy atom. The Labute approximate surface area is 176 Å². The Morgan fingerprint density at radius 3 is 1.76 bits per heavy atom. The fourth-order valence-corrected chi connectivity index (χ4v) is 3.58. The van der Waals surface area contributed by atoms with Crippen LogP contribution < -0.4 is 5.32 Å². The molecule has 29 heavy (non-hydrogen) atoms. The molecule has 6 nitrogen and oxygen atoms in total. The normalized spacial score (nSPS) is 16.0. The molecule has 1 heterocycles. The molecule has 1 atom stereocenters. The van der Waals surface area contributed by atoms with Gasteiger partial charge >= 0.3 is 18.0 Å². The average molecular weight is 412 g/mol. The van der Waals surface area contributed by atoms with Crippen LogP contribution in [-0.2, 0) is 19.1 Å². The Hall–Kier alpha value is -1.59. The standard InChI is InChI=1S/C23H41NO5/c1-2-3-4-5-6-7-8-9-10-11-12-13-14-15-16-19-28-21(25)18-17-20-22(26)29-23(27)24-20/h20H,2-19H2,1H3,(H,24,27). The van der Waals surface area contributed by atoms with Crippen molar-refractivity contribution in [3.05, 3.63) is 0 Å². The molecule has 0 aromatic carbocycles. The van der Waals surface area contributed by atoms with Crippen molar-refractivity contribution in [1.29, 1.82) is 0 Å². The van der Waals surface area contributed by atoms with Gasteiger partial charge in [-0.1, -0.05) is 96.8 Å². The van der Waals surface area contributed by atoms with Crippen molar-refractivity contribution in [1.82, 2.24) is 5.32 Å². The van der Waals surface area contributed by atoms with Gasteiger partial charge in [-0.25, -0.2) is 9.59 Å². The van der Waals surface area contributed by atoms with Crippen LogP contribution in [0.4, 0.5) is 4.79 Å². The summed E-state index contributed by atoms with van der Waals surface area (Å²) >= 11 is 0. The van der Waals surface area contributed by atoms with Gasteiger partial charge in [0.1, 0.15) is 6.04 Å². The van der Waals surface area contributed by atoms with Crippen molar-refractivity contribution in [2.75, 3.05) is 6.61 Å². The minimum Gasteiger partial charge on any atom is -0.466 e. The molecule has 1 aliphatic rings. The molecule has 1 saturated heterocycles. The van der Waals surface area contributed by atoms with E-state index in [1.807, 2.05) is 0 Å². The van der Waals surface area contributed by atoms with Gasteiger partial charge in [0, 0.05) is 6.42 Å². The molecule has 6 heteroatoms. The van der Waals surface area contributed by atoms with Gasteiger partial charge < -0.3 is 14.8 Å². The van der Waals surface area contributed by atoms with Gasteiger partial charge in [-0.15, -0.1) is 0 Å². The van der Waals surface area contributed by atoms with Gasteiger partial charge in [0.25, 0.3) is 0 Å². The highest BCUT2D eigenvalue weighted by Crippen LogP contribution is 2.13. The van der Waals surface area contributed by atoms with Gasteiger partial charge in [0.05, 0.1) is 6.61 Å². The van der Waals surface area contributed by atoms with Gasteiger partial charge in [-0.2, -0.15) is 0 Å². The van der Waals surface area contributed by atoms with E-state index in [0.29, 0.717) is 6.61 Å². The van der Waals surface area contributed by atoms with E-state index in [-0.39, 0.29) is 18.8 Å². The first-order valence-electron chi connectivity index (χ1n) is 11.8. The first-order valence-corrected chi connectivity index (χ1v) is 11.8. The molecule has 1 fully saturated rings. The number of rotatable bonds is 19. The number of amides is 1. The average Bonchev–Trinajstić information content (AvgIpc) is 3.03. The number of cyclic esters (lactones) is 2. The topological polar surface area (TPSA) is 81.7 Å². The summed E-state index contributed by atoms with van der Waals surface area (Å²) in [6.45, 7) is 2.69. The highest BCUT2D eigenvalue weighted by Gasteiger charge is 2.32. The largest absolute Gasteiger partial charge is 0.466 e. The first kappa shape index (κ1) is 25.4. The van der Waals surface area contributed by atoms with E-state index in [1.54, 1.807) is 0 Å². The van der Waals surface area contributed by atoms with Crippen molar-refractivity contribution in [3.8, 4) is 0 Å². The van der Waals surface area contributed by atoms with Crippen LogP contribution in [-0.4, -0.2) is 30.7 Å². The quantitative estimate of drug-likeness (QED) is 0.165. The van der Waals surface area contributed by atoms with Crippen LogP contribution >= 0.6 is 0 Å². The van der Waals surface area contributed by atoms with Gasteiger partial charge in [-0.05, 0) is 12.8 Å². The zero-order valence-corrected chi connectivity index (χ0v) is 18.3. The highest BCUT2D eigenvalue weighted by molar-refractivity contribution is 5.95. The number of carbonyl (C=O) groups is 3. The lowest BCUT2D eigenvalue weighted by molar-refractivity contribution is -0.144. The number of esters is 2. The molecule has 168 valence electrons. The summed E-state index contributed by atoms with van der Waals surface area (Å²) in [7, 11) is 0. The summed E-state index contributed by atoms with van der Waals surface area (Å²) in [5, 5.41) is 2.36. The van der Waals surface area contributed by atoms with E-state index in [0.717, 1.165) is 12.8 Å². The summed E-state index contributed by atoms with van der Waals surface area (Å²) in [4.78, 5) is 33.8. The van der Waals surface area contributed by atoms with E-state index in [9.17, 15) is 14.4 Å². The summed E-state index contributed by atoms with van der Waals surface area (Å²) in [5.41, 5.74) is 0. The van der Waals surface area contributed by atoms with Gasteiger partial charge in [0.2, 0.25) is 0 Å². The molecule has 1 N–H and O–H groups in total. The number of unbranched alkanes of at least 4 members (excludes halogenated alkanes) is 14. The number of alkyl carbamates (subject to hydrolysis) is 1. The second-order valence-corrected chi connectivity index (χ2v) is 8.11. The molecule has 0 aromatic heterocycles. The van der Waals surface area contributed by atoms with E-state index >= 15 is 0 Å². The third kappa shape index (κ3) is 14.1. The van der Waals surface area contributed by atoms with E-state index in [4.69, 9.17) is 4.74 Å². The lowest BCUT2D eigenvalue weighted by atomic mass is 10.0. The highest BCUT2D eigenvalue weighted by atomic mass is 16.6. The van der Waals surface area contributed by atoms with Crippen molar-refractivity contribution in [2.24, 2.45) is 0 Å². The van der Waals surface area contributed by atoms with Crippen LogP contribution in [0.15, 0.2) is 0 Å². The maximum absolute atomic E-state index is 11.6. The molecule has 0 spiro atoms. The maximum Gasteiger partial charge on any atom is 0.415 e. The number of nitrogens with one attached hydrogen (secondary N) is 1. The van der Waals surface area contributed by atoms with Crippen LogP contribution in [0.5, 0.6) is 0 Å².